The first-order chi connectivity index (χ1) is 13.7. The zero-order valence-electron chi connectivity index (χ0n) is 15.1. The molecule has 7 heteroatoms. The number of fused-ring (bicyclic) bond motifs is 3. The maximum Gasteiger partial charge on any atom is 0.253 e. The molecule has 2 N–H and O–H groups in total. The van der Waals surface area contributed by atoms with Gasteiger partial charge < -0.3 is 10.2 Å². The van der Waals surface area contributed by atoms with Crippen LogP contribution in [-0.4, -0.2) is 39.1 Å². The van der Waals surface area contributed by atoms with Gasteiger partial charge in [-0.1, -0.05) is 0 Å². The highest BCUT2D eigenvalue weighted by atomic mass is 19.1. The fourth-order valence-electron chi connectivity index (χ4n) is 3.69. The van der Waals surface area contributed by atoms with E-state index in [2.05, 4.69) is 20.5 Å². The van der Waals surface area contributed by atoms with Gasteiger partial charge in [-0.15, -0.1) is 0 Å². The van der Waals surface area contributed by atoms with Gasteiger partial charge in [0.15, 0.2) is 5.82 Å². The molecule has 28 heavy (non-hydrogen) atoms. The summed E-state index contributed by atoms with van der Waals surface area (Å²) in [6, 6.07) is 11.9. The number of amides is 1. The van der Waals surface area contributed by atoms with Crippen LogP contribution in [0.25, 0.3) is 21.8 Å². The van der Waals surface area contributed by atoms with Crippen molar-refractivity contribution < 1.29 is 9.18 Å². The van der Waals surface area contributed by atoms with E-state index in [9.17, 15) is 9.18 Å². The van der Waals surface area contributed by atoms with Gasteiger partial charge in [0, 0.05) is 35.1 Å². The van der Waals surface area contributed by atoms with Crippen molar-refractivity contribution in [1.82, 2.24) is 20.1 Å². The minimum absolute atomic E-state index is 0.0749. The van der Waals surface area contributed by atoms with Gasteiger partial charge in [-0.2, -0.15) is 5.10 Å². The molecular formula is C21H18FN5O. The van der Waals surface area contributed by atoms with Gasteiger partial charge >= 0.3 is 0 Å². The largest absolute Gasteiger partial charge is 0.339 e. The molecule has 0 unspecified atom stereocenters. The molecule has 1 aliphatic rings. The molecule has 0 bridgehead atoms. The van der Waals surface area contributed by atoms with Gasteiger partial charge in [0.1, 0.15) is 11.3 Å². The Hall–Kier alpha value is -3.48. The molecule has 0 atom stereocenters. The van der Waals surface area contributed by atoms with Crippen molar-refractivity contribution in [2.45, 2.75) is 12.8 Å². The van der Waals surface area contributed by atoms with Crippen molar-refractivity contribution in [1.29, 1.82) is 0 Å². The van der Waals surface area contributed by atoms with Gasteiger partial charge in [-0.25, -0.2) is 9.37 Å². The van der Waals surface area contributed by atoms with E-state index in [1.165, 1.54) is 12.1 Å². The first-order valence-corrected chi connectivity index (χ1v) is 9.28. The Kier molecular flexibility index (Phi) is 3.93. The Bertz CT molecular complexity index is 1180. The number of carbonyl (C=O) groups excluding carboxylic acids is 1. The van der Waals surface area contributed by atoms with Crippen LogP contribution in [0.2, 0.25) is 0 Å². The monoisotopic (exact) mass is 375 g/mol. The summed E-state index contributed by atoms with van der Waals surface area (Å²) in [5.41, 5.74) is 2.87. The molecule has 2 aromatic heterocycles. The number of hydrogen-bond donors (Lipinski definition) is 2. The topological polar surface area (TPSA) is 73.9 Å². The lowest BCUT2D eigenvalue weighted by Crippen LogP contribution is -2.27. The number of nitrogens with zero attached hydrogens (tertiary/aromatic N) is 3. The van der Waals surface area contributed by atoms with E-state index < -0.39 is 0 Å². The van der Waals surface area contributed by atoms with Crippen LogP contribution in [-0.2, 0) is 0 Å². The zero-order chi connectivity index (χ0) is 19.1. The fourth-order valence-corrected chi connectivity index (χ4v) is 3.69. The summed E-state index contributed by atoms with van der Waals surface area (Å²) in [6.45, 7) is 1.66. The molecule has 4 aromatic rings. The van der Waals surface area contributed by atoms with E-state index in [0.717, 1.165) is 37.0 Å². The number of nitrogens with one attached hydrogen (secondary N) is 2. The predicted octanol–water partition coefficient (Wildman–Crippen LogP) is 4.23. The van der Waals surface area contributed by atoms with Crippen molar-refractivity contribution >= 4 is 39.2 Å². The zero-order valence-corrected chi connectivity index (χ0v) is 15.1. The second kappa shape index (κ2) is 6.60. The molecule has 0 saturated carbocycles. The molecule has 1 fully saturated rings. The number of carbonyl (C=O) groups is 1. The maximum atomic E-state index is 13.6. The van der Waals surface area contributed by atoms with Crippen LogP contribution >= 0.6 is 0 Å². The third-order valence-corrected chi connectivity index (χ3v) is 5.15. The number of rotatable bonds is 3. The number of aromatic amines is 1. The van der Waals surface area contributed by atoms with Gasteiger partial charge in [-0.05, 0) is 55.3 Å². The lowest BCUT2D eigenvalue weighted by atomic mass is 10.1. The van der Waals surface area contributed by atoms with Gasteiger partial charge in [0.25, 0.3) is 5.91 Å². The molecule has 1 amide bonds. The SMILES string of the molecule is O=C(c1ccc(Nc2nc3ccc(F)cc3c3cn[nH]c23)cc1)N1CCCC1. The molecule has 0 radical (unpaired) electrons. The van der Waals surface area contributed by atoms with E-state index in [1.807, 2.05) is 29.2 Å². The number of anilines is 2. The van der Waals surface area contributed by atoms with Crippen molar-refractivity contribution in [2.75, 3.05) is 18.4 Å². The van der Waals surface area contributed by atoms with Crippen LogP contribution in [0.4, 0.5) is 15.9 Å². The number of H-pyrrole nitrogens is 1. The van der Waals surface area contributed by atoms with E-state index in [4.69, 9.17) is 0 Å². The summed E-state index contributed by atoms with van der Waals surface area (Å²) in [4.78, 5) is 19.0. The maximum absolute atomic E-state index is 13.6. The molecule has 2 aromatic carbocycles. The van der Waals surface area contributed by atoms with Gasteiger partial charge in [0.05, 0.1) is 11.7 Å². The van der Waals surface area contributed by atoms with Gasteiger partial charge in [-0.3, -0.25) is 9.89 Å². The van der Waals surface area contributed by atoms with Crippen molar-refractivity contribution in [2.24, 2.45) is 0 Å². The first kappa shape index (κ1) is 16.7. The molecule has 3 heterocycles. The molecular weight excluding hydrogens is 357 g/mol. The average Bonchev–Trinajstić information content (AvgIpc) is 3.41. The highest BCUT2D eigenvalue weighted by molar-refractivity contribution is 6.08. The van der Waals surface area contributed by atoms with E-state index in [1.54, 1.807) is 12.3 Å². The minimum Gasteiger partial charge on any atom is -0.339 e. The molecule has 1 saturated heterocycles. The summed E-state index contributed by atoms with van der Waals surface area (Å²) in [5, 5.41) is 11.8. The van der Waals surface area contributed by atoms with Crippen molar-refractivity contribution in [3.8, 4) is 0 Å². The lowest BCUT2D eigenvalue weighted by Gasteiger charge is -2.15. The van der Waals surface area contributed by atoms with Crippen LogP contribution in [0.5, 0.6) is 0 Å². The predicted molar refractivity (Wildman–Crippen MR) is 106 cm³/mol. The summed E-state index contributed by atoms with van der Waals surface area (Å²) < 4.78 is 13.6. The highest BCUT2D eigenvalue weighted by Gasteiger charge is 2.19. The Labute approximate surface area is 160 Å². The van der Waals surface area contributed by atoms with Crippen LogP contribution in [0, 0.1) is 5.82 Å². The van der Waals surface area contributed by atoms with Crippen LogP contribution < -0.4 is 5.32 Å². The number of halogens is 1. The van der Waals surface area contributed by atoms with Crippen molar-refractivity contribution in [3.05, 3.63) is 60.0 Å². The van der Waals surface area contributed by atoms with Crippen LogP contribution in [0.1, 0.15) is 23.2 Å². The Morgan fingerprint density at radius 3 is 2.64 bits per heavy atom. The Morgan fingerprint density at radius 1 is 1.07 bits per heavy atom. The summed E-state index contributed by atoms with van der Waals surface area (Å²) >= 11 is 0. The third kappa shape index (κ3) is 2.85. The normalized spacial score (nSPS) is 14.1. The quantitative estimate of drug-likeness (QED) is 0.562. The minimum atomic E-state index is -0.309. The third-order valence-electron chi connectivity index (χ3n) is 5.15. The Balaban J connectivity index is 1.47. The number of aromatic nitrogens is 3. The van der Waals surface area contributed by atoms with E-state index >= 15 is 0 Å². The van der Waals surface area contributed by atoms with Gasteiger partial charge in [0.2, 0.25) is 0 Å². The first-order valence-electron chi connectivity index (χ1n) is 9.28. The second-order valence-corrected chi connectivity index (χ2v) is 6.98. The van der Waals surface area contributed by atoms with Crippen molar-refractivity contribution in [3.63, 3.8) is 0 Å². The number of hydrogen-bond acceptors (Lipinski definition) is 4. The number of benzene rings is 2. The molecule has 5 rings (SSSR count). The Morgan fingerprint density at radius 2 is 1.86 bits per heavy atom. The van der Waals surface area contributed by atoms with Crippen LogP contribution in [0.3, 0.4) is 0 Å². The fraction of sp³-hybridized carbons (Fsp3) is 0.190. The van der Waals surface area contributed by atoms with E-state index in [-0.39, 0.29) is 11.7 Å². The molecule has 6 nitrogen and oxygen atoms in total. The second-order valence-electron chi connectivity index (χ2n) is 6.98. The molecule has 0 spiro atoms. The summed E-state index contributed by atoms with van der Waals surface area (Å²) in [7, 11) is 0. The molecule has 0 aliphatic carbocycles. The standard InChI is InChI=1S/C21H18FN5O/c22-14-5-8-18-16(11-14)17-12-23-26-19(17)20(25-18)24-15-6-3-13(4-7-15)21(28)27-9-1-2-10-27/h3-8,11-12H,1-2,9-10H2,(H,23,26)(H,24,25). The van der Waals surface area contributed by atoms with Crippen LogP contribution in [0.15, 0.2) is 48.7 Å². The lowest BCUT2D eigenvalue weighted by molar-refractivity contribution is 0.0793. The number of pyridine rings is 1. The average molecular weight is 375 g/mol. The summed E-state index contributed by atoms with van der Waals surface area (Å²) in [5.74, 6) is 0.367. The smallest absolute Gasteiger partial charge is 0.253 e. The molecule has 140 valence electrons. The highest BCUT2D eigenvalue weighted by Crippen LogP contribution is 2.30. The van der Waals surface area contributed by atoms with E-state index in [0.29, 0.717) is 27.8 Å². The number of likely N-dealkylation sites (tertiary alicyclic amines) is 1. The molecule has 1 aliphatic heterocycles. The summed E-state index contributed by atoms with van der Waals surface area (Å²) in [6.07, 6.45) is 3.81.